The van der Waals surface area contributed by atoms with E-state index >= 15 is 0 Å². The number of nitrogens with zero attached hydrogens (tertiary/aromatic N) is 4. The molecule has 0 saturated carbocycles. The number of rotatable bonds is 5. The predicted octanol–water partition coefficient (Wildman–Crippen LogP) is 4.01. The molecule has 0 unspecified atom stereocenters. The van der Waals surface area contributed by atoms with E-state index in [-0.39, 0.29) is 19.7 Å². The Morgan fingerprint density at radius 2 is 1.42 bits per heavy atom. The molecular weight excluding hydrogens is 414 g/mol. The Morgan fingerprint density at radius 1 is 0.923 bits per heavy atom. The molecule has 0 bridgehead atoms. The summed E-state index contributed by atoms with van der Waals surface area (Å²) in [7, 11) is 11.5. The monoisotopic (exact) mass is 431 g/mol. The maximum atomic E-state index is 9.19. The predicted molar refractivity (Wildman–Crippen MR) is 103 cm³/mol. The van der Waals surface area contributed by atoms with Crippen molar-refractivity contribution in [1.29, 1.82) is 0 Å². The van der Waals surface area contributed by atoms with Crippen molar-refractivity contribution in [2.75, 3.05) is 25.1 Å². The van der Waals surface area contributed by atoms with E-state index in [0.29, 0.717) is 6.54 Å². The van der Waals surface area contributed by atoms with E-state index in [1.165, 1.54) is 0 Å². The second kappa shape index (κ2) is 11.1. The molecule has 0 spiro atoms. The van der Waals surface area contributed by atoms with Gasteiger partial charge in [0.15, 0.2) is 0 Å². The van der Waals surface area contributed by atoms with Crippen molar-refractivity contribution in [3.8, 4) is 22.8 Å². The zero-order valence-electron chi connectivity index (χ0n) is 14.1. The topological polar surface area (TPSA) is 62.1 Å². The van der Waals surface area contributed by atoms with Crippen molar-refractivity contribution in [2.45, 2.75) is 0 Å². The minimum absolute atomic E-state index is 0.00694. The number of halogens is 2. The van der Waals surface area contributed by atoms with Crippen LogP contribution in [0.15, 0.2) is 60.9 Å². The van der Waals surface area contributed by atoms with Crippen molar-refractivity contribution in [3.05, 3.63) is 60.9 Å². The van der Waals surface area contributed by atoms with E-state index in [0.717, 1.165) is 28.5 Å². The molecule has 0 saturated heterocycles. The first-order valence-corrected chi connectivity index (χ1v) is 11.0. The number of anilines is 1. The van der Waals surface area contributed by atoms with E-state index in [1.54, 1.807) is 12.4 Å². The molecule has 3 rings (SSSR count). The third kappa shape index (κ3) is 5.94. The number of aliphatic hydroxyl groups is 1. The third-order valence-corrected chi connectivity index (χ3v) is 3.54. The van der Waals surface area contributed by atoms with Crippen molar-refractivity contribution >= 4 is 25.9 Å². The number of pyridine rings is 3. The number of aliphatic hydroxyl groups excluding tert-OH is 1. The second-order valence-corrected chi connectivity index (χ2v) is 7.17. The summed E-state index contributed by atoms with van der Waals surface area (Å²) in [5, 5.41) is 9.19. The van der Waals surface area contributed by atoms with Crippen LogP contribution in [0.2, 0.25) is 0 Å². The van der Waals surface area contributed by atoms with E-state index < -0.39 is 0 Å². The van der Waals surface area contributed by atoms with Crippen LogP contribution in [0, 0.1) is 0 Å². The molecule has 3 aromatic rings. The van der Waals surface area contributed by atoms with Gasteiger partial charge in [0.1, 0.15) is 0 Å². The molecule has 0 fully saturated rings. The molecule has 8 heteroatoms. The summed E-state index contributed by atoms with van der Waals surface area (Å²) in [6, 6.07) is 15.5. The molecule has 3 aromatic heterocycles. The first-order chi connectivity index (χ1) is 12.7. The van der Waals surface area contributed by atoms with Gasteiger partial charge in [-0.2, -0.15) is 0 Å². The minimum atomic E-state index is 0.00694. The fraction of sp³-hybridized carbons (Fsp3) is 0.167. The molecule has 3 heterocycles. The van der Waals surface area contributed by atoms with Crippen molar-refractivity contribution in [1.82, 2.24) is 15.0 Å². The average molecular weight is 432 g/mol. The van der Waals surface area contributed by atoms with Gasteiger partial charge in [0.25, 0.3) is 0 Å². The molecule has 0 aliphatic rings. The fourth-order valence-electron chi connectivity index (χ4n) is 2.31. The Bertz CT molecular complexity index is 736. The first-order valence-electron chi connectivity index (χ1n) is 7.73. The molecular formula is C18H18Cl2MnN4O. The molecule has 0 aliphatic heterocycles. The second-order valence-electron chi connectivity index (χ2n) is 5.22. The molecule has 26 heavy (non-hydrogen) atoms. The van der Waals surface area contributed by atoms with Gasteiger partial charge in [0.2, 0.25) is 0 Å². The summed E-state index contributed by atoms with van der Waals surface area (Å²) in [6.45, 7) is 0.643. The maximum absolute atomic E-state index is 9.19. The van der Waals surface area contributed by atoms with Gasteiger partial charge >= 0.3 is 33.3 Å². The summed E-state index contributed by atoms with van der Waals surface area (Å²) in [5.41, 5.74) is 4.16. The van der Waals surface area contributed by atoms with Crippen LogP contribution in [0.1, 0.15) is 0 Å². The van der Waals surface area contributed by atoms with E-state index in [1.807, 2.05) is 60.5 Å². The van der Waals surface area contributed by atoms with Gasteiger partial charge in [-0.05, 0) is 36.4 Å². The number of likely N-dealkylation sites (N-methyl/N-ethyl adjacent to an activating group) is 1. The van der Waals surface area contributed by atoms with Crippen LogP contribution in [0.4, 0.5) is 5.69 Å². The van der Waals surface area contributed by atoms with Crippen LogP contribution in [-0.2, 0) is 13.1 Å². The van der Waals surface area contributed by atoms with Crippen LogP contribution in [-0.4, -0.2) is 40.3 Å². The molecule has 1 N–H and O–H groups in total. The van der Waals surface area contributed by atoms with Gasteiger partial charge in [-0.3, -0.25) is 9.97 Å². The molecule has 5 nitrogen and oxygen atoms in total. The third-order valence-electron chi connectivity index (χ3n) is 3.54. The SMILES string of the molecule is CN(CCO)c1cc(-c2ccccn2)nc(-c2ccccn2)c1.[Cl][Mn][Cl]. The summed E-state index contributed by atoms with van der Waals surface area (Å²) in [5.74, 6) is 0. The zero-order valence-corrected chi connectivity index (χ0v) is 16.7. The van der Waals surface area contributed by atoms with Crippen LogP contribution in [0.5, 0.6) is 0 Å². The first kappa shape index (κ1) is 20.6. The number of aromatic nitrogens is 3. The van der Waals surface area contributed by atoms with Gasteiger partial charge in [-0.1, -0.05) is 12.1 Å². The van der Waals surface area contributed by atoms with Crippen molar-refractivity contribution < 1.29 is 18.2 Å². The van der Waals surface area contributed by atoms with Crippen LogP contribution in [0.3, 0.4) is 0 Å². The summed E-state index contributed by atoms with van der Waals surface area (Å²) in [6.07, 6.45) is 3.50. The average Bonchev–Trinajstić information content (AvgIpc) is 2.70. The van der Waals surface area contributed by atoms with Gasteiger partial charge in [-0.15, -0.1) is 0 Å². The summed E-state index contributed by atoms with van der Waals surface area (Å²) in [4.78, 5) is 15.4. The van der Waals surface area contributed by atoms with Crippen LogP contribution in [0.25, 0.3) is 22.8 Å². The summed E-state index contributed by atoms with van der Waals surface area (Å²) < 4.78 is 0. The Morgan fingerprint density at radius 3 is 1.81 bits per heavy atom. The van der Waals surface area contributed by atoms with Crippen molar-refractivity contribution in [3.63, 3.8) is 0 Å². The molecule has 0 aliphatic carbocycles. The van der Waals surface area contributed by atoms with Crippen LogP contribution < -0.4 is 4.90 Å². The normalized spacial score (nSPS) is 10.0. The molecule has 0 aromatic carbocycles. The standard InChI is InChI=1S/C18H18N4O.2ClH.Mn/c1-22(10-11-23)14-12-17(15-6-2-4-8-19-15)21-18(13-14)16-7-3-5-9-20-16;;;/h2-9,12-13,23H,10-11H2,1H3;2*1H;/q;;;+2/p-2. The van der Waals surface area contributed by atoms with Crippen LogP contribution >= 0.6 is 20.2 Å². The van der Waals surface area contributed by atoms with E-state index in [2.05, 4.69) is 9.97 Å². The van der Waals surface area contributed by atoms with Gasteiger partial charge in [0.05, 0.1) is 29.4 Å². The van der Waals surface area contributed by atoms with E-state index in [9.17, 15) is 5.11 Å². The Hall–Kier alpha value is -1.69. The Balaban J connectivity index is 0.000000758. The molecule has 137 valence electrons. The molecule has 0 atom stereocenters. The van der Waals surface area contributed by atoms with Gasteiger partial charge in [-0.25, -0.2) is 4.98 Å². The Labute approximate surface area is 167 Å². The molecule has 0 radical (unpaired) electrons. The number of hydrogen-bond acceptors (Lipinski definition) is 5. The summed E-state index contributed by atoms with van der Waals surface area (Å²) >= 11 is 0.00694. The zero-order chi connectivity index (χ0) is 18.8. The molecule has 0 amide bonds. The van der Waals surface area contributed by atoms with Gasteiger partial charge < -0.3 is 10.0 Å². The Kier molecular flexibility index (Phi) is 8.81. The van der Waals surface area contributed by atoms with Crippen molar-refractivity contribution in [2.24, 2.45) is 0 Å². The number of hydrogen-bond donors (Lipinski definition) is 1. The fourth-order valence-corrected chi connectivity index (χ4v) is 2.31. The van der Waals surface area contributed by atoms with Gasteiger partial charge in [0, 0.05) is 31.7 Å². The quantitative estimate of drug-likeness (QED) is 0.618. The van der Waals surface area contributed by atoms with E-state index in [4.69, 9.17) is 25.2 Å².